The van der Waals surface area contributed by atoms with Crippen LogP contribution in [0.5, 0.6) is 5.88 Å². The molecule has 2 fully saturated rings. The predicted molar refractivity (Wildman–Crippen MR) is 113 cm³/mol. The number of hydrogen-bond acceptors (Lipinski definition) is 4. The van der Waals surface area contributed by atoms with Gasteiger partial charge in [0.2, 0.25) is 5.88 Å². The van der Waals surface area contributed by atoms with Crippen LogP contribution in [0.25, 0.3) is 0 Å². The third kappa shape index (κ3) is 6.66. The Balaban J connectivity index is 1.45. The first-order valence-electron chi connectivity index (χ1n) is 10.8. The van der Waals surface area contributed by atoms with Crippen LogP contribution in [0, 0.1) is 11.3 Å². The lowest BCUT2D eigenvalue weighted by molar-refractivity contribution is 0.105. The number of pyridine rings is 1. The van der Waals surface area contributed by atoms with E-state index < -0.39 is 0 Å². The van der Waals surface area contributed by atoms with Crippen molar-refractivity contribution in [1.29, 1.82) is 0 Å². The summed E-state index contributed by atoms with van der Waals surface area (Å²) in [5.41, 5.74) is 1.49. The van der Waals surface area contributed by atoms with Gasteiger partial charge in [-0.15, -0.1) is 0 Å². The Bertz CT molecular complexity index is 625. The standard InChI is InChI=1S/C22H36N4O2/c1-3-27-13-11-22(9-4-5-10-22)17-26-21(23-2)25-15-19-8-12-24-20(14-19)28-16-18-6-7-18/h8,12,14,18H,3-7,9-11,13,15-17H2,1-2H3,(H2,23,25,26). The lowest BCUT2D eigenvalue weighted by atomic mass is 9.83. The minimum absolute atomic E-state index is 0.341. The first-order chi connectivity index (χ1) is 13.7. The van der Waals surface area contributed by atoms with Crippen molar-refractivity contribution in [1.82, 2.24) is 15.6 Å². The Morgan fingerprint density at radius 2 is 2.11 bits per heavy atom. The number of rotatable bonds is 11. The highest BCUT2D eigenvalue weighted by atomic mass is 16.5. The van der Waals surface area contributed by atoms with Gasteiger partial charge in [-0.2, -0.15) is 0 Å². The molecule has 0 atom stereocenters. The van der Waals surface area contributed by atoms with Gasteiger partial charge in [0.15, 0.2) is 5.96 Å². The summed E-state index contributed by atoms with van der Waals surface area (Å²) in [7, 11) is 1.83. The summed E-state index contributed by atoms with van der Waals surface area (Å²) in [5, 5.41) is 6.97. The van der Waals surface area contributed by atoms with Gasteiger partial charge in [0.05, 0.1) is 6.61 Å². The van der Waals surface area contributed by atoms with Crippen molar-refractivity contribution in [3.8, 4) is 5.88 Å². The van der Waals surface area contributed by atoms with Gasteiger partial charge in [-0.1, -0.05) is 12.8 Å². The van der Waals surface area contributed by atoms with E-state index in [-0.39, 0.29) is 0 Å². The average molecular weight is 389 g/mol. The lowest BCUT2D eigenvalue weighted by Crippen LogP contribution is -2.43. The molecule has 1 aromatic rings. The Kier molecular flexibility index (Phi) is 7.95. The Labute approximate surface area is 169 Å². The van der Waals surface area contributed by atoms with Gasteiger partial charge in [-0.3, -0.25) is 4.99 Å². The number of aliphatic imine (C=N–C) groups is 1. The molecule has 0 spiro atoms. The van der Waals surface area contributed by atoms with Gasteiger partial charge in [0.25, 0.3) is 0 Å². The van der Waals surface area contributed by atoms with Crippen LogP contribution in [0.3, 0.4) is 0 Å². The molecule has 2 N–H and O–H groups in total. The van der Waals surface area contributed by atoms with Crippen LogP contribution in [-0.2, 0) is 11.3 Å². The molecular weight excluding hydrogens is 352 g/mol. The van der Waals surface area contributed by atoms with Crippen molar-refractivity contribution in [2.24, 2.45) is 16.3 Å². The van der Waals surface area contributed by atoms with Crippen molar-refractivity contribution < 1.29 is 9.47 Å². The molecule has 1 aromatic heterocycles. The maximum absolute atomic E-state index is 5.78. The highest BCUT2D eigenvalue weighted by molar-refractivity contribution is 5.79. The second-order valence-electron chi connectivity index (χ2n) is 8.19. The van der Waals surface area contributed by atoms with Crippen molar-refractivity contribution in [3.05, 3.63) is 23.9 Å². The SMILES string of the molecule is CCOCCC1(CNC(=NC)NCc2ccnc(OCC3CC3)c2)CCCC1. The molecule has 2 saturated carbocycles. The topological polar surface area (TPSA) is 67.8 Å². The molecule has 0 radical (unpaired) electrons. The highest BCUT2D eigenvalue weighted by Gasteiger charge is 2.33. The lowest BCUT2D eigenvalue weighted by Gasteiger charge is -2.30. The summed E-state index contributed by atoms with van der Waals surface area (Å²) in [5.74, 6) is 2.30. The molecule has 0 bridgehead atoms. The van der Waals surface area contributed by atoms with E-state index in [0.717, 1.165) is 56.1 Å². The van der Waals surface area contributed by atoms with Crippen LogP contribution >= 0.6 is 0 Å². The predicted octanol–water partition coefficient (Wildman–Crippen LogP) is 3.52. The molecule has 0 saturated heterocycles. The number of ether oxygens (including phenoxy) is 2. The molecule has 1 heterocycles. The number of nitrogens with zero attached hydrogens (tertiary/aromatic N) is 2. The summed E-state index contributed by atoms with van der Waals surface area (Å²) >= 11 is 0. The zero-order valence-electron chi connectivity index (χ0n) is 17.5. The number of hydrogen-bond donors (Lipinski definition) is 2. The van der Waals surface area contributed by atoms with E-state index in [1.54, 1.807) is 0 Å². The highest BCUT2D eigenvalue weighted by Crippen LogP contribution is 2.40. The molecule has 0 amide bonds. The fourth-order valence-corrected chi connectivity index (χ4v) is 3.88. The van der Waals surface area contributed by atoms with Gasteiger partial charge in [0, 0.05) is 45.6 Å². The molecular formula is C22H36N4O2. The first kappa shape index (κ1) is 20.9. The normalized spacial score (nSPS) is 18.9. The molecule has 2 aliphatic carbocycles. The molecule has 3 rings (SSSR count). The Morgan fingerprint density at radius 1 is 1.29 bits per heavy atom. The van der Waals surface area contributed by atoms with E-state index >= 15 is 0 Å². The summed E-state index contributed by atoms with van der Waals surface area (Å²) in [6.45, 7) is 6.15. The summed E-state index contributed by atoms with van der Waals surface area (Å²) < 4.78 is 11.4. The molecule has 6 heteroatoms. The van der Waals surface area contributed by atoms with E-state index in [1.807, 2.05) is 25.4 Å². The molecule has 28 heavy (non-hydrogen) atoms. The van der Waals surface area contributed by atoms with Crippen LogP contribution in [-0.4, -0.2) is 44.4 Å². The molecule has 6 nitrogen and oxygen atoms in total. The fraction of sp³-hybridized carbons (Fsp3) is 0.727. The van der Waals surface area contributed by atoms with E-state index in [9.17, 15) is 0 Å². The minimum atomic E-state index is 0.341. The summed E-state index contributed by atoms with van der Waals surface area (Å²) in [6.07, 6.45) is 10.7. The van der Waals surface area contributed by atoms with E-state index in [2.05, 4.69) is 27.5 Å². The largest absolute Gasteiger partial charge is 0.477 e. The van der Waals surface area contributed by atoms with Crippen LogP contribution in [0.2, 0.25) is 0 Å². The number of guanidine groups is 1. The Hall–Kier alpha value is -1.82. The van der Waals surface area contributed by atoms with Crippen LogP contribution < -0.4 is 15.4 Å². The quantitative estimate of drug-likeness (QED) is 0.345. The smallest absolute Gasteiger partial charge is 0.213 e. The first-order valence-corrected chi connectivity index (χ1v) is 10.8. The number of nitrogens with one attached hydrogen (secondary N) is 2. The van der Waals surface area contributed by atoms with E-state index in [1.165, 1.54) is 38.5 Å². The van der Waals surface area contributed by atoms with Crippen LogP contribution in [0.1, 0.15) is 57.4 Å². The third-order valence-electron chi connectivity index (χ3n) is 5.92. The Morgan fingerprint density at radius 3 is 2.82 bits per heavy atom. The monoisotopic (exact) mass is 388 g/mol. The maximum Gasteiger partial charge on any atom is 0.213 e. The van der Waals surface area contributed by atoms with Crippen LogP contribution in [0.4, 0.5) is 0 Å². The van der Waals surface area contributed by atoms with Crippen molar-refractivity contribution in [2.45, 2.75) is 58.4 Å². The van der Waals surface area contributed by atoms with Gasteiger partial charge < -0.3 is 20.1 Å². The molecule has 0 aliphatic heterocycles. The van der Waals surface area contributed by atoms with Crippen molar-refractivity contribution in [2.75, 3.05) is 33.4 Å². The molecule has 156 valence electrons. The summed E-state index contributed by atoms with van der Waals surface area (Å²) in [4.78, 5) is 8.71. The van der Waals surface area contributed by atoms with E-state index in [0.29, 0.717) is 12.0 Å². The van der Waals surface area contributed by atoms with Gasteiger partial charge >= 0.3 is 0 Å². The molecule has 2 aliphatic rings. The second-order valence-corrected chi connectivity index (χ2v) is 8.19. The third-order valence-corrected chi connectivity index (χ3v) is 5.92. The van der Waals surface area contributed by atoms with Crippen molar-refractivity contribution >= 4 is 5.96 Å². The molecule has 0 unspecified atom stereocenters. The number of aromatic nitrogens is 1. The maximum atomic E-state index is 5.78. The fourth-order valence-electron chi connectivity index (χ4n) is 3.88. The van der Waals surface area contributed by atoms with Gasteiger partial charge in [0.1, 0.15) is 0 Å². The van der Waals surface area contributed by atoms with Gasteiger partial charge in [-0.25, -0.2) is 4.98 Å². The van der Waals surface area contributed by atoms with Crippen molar-refractivity contribution in [3.63, 3.8) is 0 Å². The zero-order chi connectivity index (χ0) is 19.7. The van der Waals surface area contributed by atoms with E-state index in [4.69, 9.17) is 9.47 Å². The zero-order valence-corrected chi connectivity index (χ0v) is 17.5. The average Bonchev–Trinajstić information content (AvgIpc) is 3.44. The minimum Gasteiger partial charge on any atom is -0.477 e. The van der Waals surface area contributed by atoms with Crippen LogP contribution in [0.15, 0.2) is 23.3 Å². The summed E-state index contributed by atoms with van der Waals surface area (Å²) in [6, 6.07) is 4.04. The molecule has 0 aromatic carbocycles. The van der Waals surface area contributed by atoms with Gasteiger partial charge in [-0.05, 0) is 62.0 Å². The second kappa shape index (κ2) is 10.6.